The summed E-state index contributed by atoms with van der Waals surface area (Å²) in [6.07, 6.45) is 9.28. The minimum Gasteiger partial charge on any atom is -0.344 e. The predicted molar refractivity (Wildman–Crippen MR) is 99.2 cm³/mol. The lowest BCUT2D eigenvalue weighted by atomic mass is 9.94. The highest BCUT2D eigenvalue weighted by Gasteiger charge is 2.39. The Morgan fingerprint density at radius 3 is 2.20 bits per heavy atom. The lowest BCUT2D eigenvalue weighted by molar-refractivity contribution is -0.139. The molecule has 5 heteroatoms. The molecule has 4 unspecified atom stereocenters. The lowest BCUT2D eigenvalue weighted by Gasteiger charge is -2.42. The Labute approximate surface area is 152 Å². The number of hydrogen-bond donors (Lipinski definition) is 1. The van der Waals surface area contributed by atoms with Crippen LogP contribution in [0.1, 0.15) is 72.1 Å². The van der Waals surface area contributed by atoms with Crippen LogP contribution in [0.25, 0.3) is 0 Å². The fraction of sp³-hybridized carbons (Fsp3) is 0.900. The monoisotopic (exact) mass is 349 g/mol. The molecule has 5 nitrogen and oxygen atoms in total. The smallest absolute Gasteiger partial charge is 0.245 e. The van der Waals surface area contributed by atoms with E-state index in [-0.39, 0.29) is 17.9 Å². The maximum atomic E-state index is 13.2. The Morgan fingerprint density at radius 1 is 0.960 bits per heavy atom. The highest BCUT2D eigenvalue weighted by atomic mass is 16.2. The van der Waals surface area contributed by atoms with Crippen molar-refractivity contribution in [1.82, 2.24) is 15.1 Å². The maximum absolute atomic E-state index is 13.2. The number of piperidine rings is 1. The van der Waals surface area contributed by atoms with Crippen LogP contribution in [0.2, 0.25) is 0 Å². The molecule has 0 radical (unpaired) electrons. The number of nitrogens with zero attached hydrogens (tertiary/aromatic N) is 2. The zero-order chi connectivity index (χ0) is 18.0. The first-order chi connectivity index (χ1) is 12.0. The largest absolute Gasteiger partial charge is 0.344 e. The van der Waals surface area contributed by atoms with Crippen molar-refractivity contribution in [2.45, 2.75) is 96.3 Å². The standard InChI is InChI=1S/C20H35N3O2/c1-14-10-11-15(2)23(14)18-9-6-12-22(13-18)20(25)19(21-16(3)24)17-7-4-5-8-17/h14-15,17-19H,4-13H2,1-3H3,(H,21,24). The molecule has 25 heavy (non-hydrogen) atoms. The van der Waals surface area contributed by atoms with E-state index in [0.29, 0.717) is 24.0 Å². The van der Waals surface area contributed by atoms with Crippen LogP contribution in [0.3, 0.4) is 0 Å². The van der Waals surface area contributed by atoms with Crippen molar-refractivity contribution in [2.75, 3.05) is 13.1 Å². The molecule has 2 aliphatic heterocycles. The number of likely N-dealkylation sites (tertiary alicyclic amines) is 2. The molecule has 2 saturated heterocycles. The van der Waals surface area contributed by atoms with Crippen LogP contribution in [0, 0.1) is 5.92 Å². The molecule has 4 atom stereocenters. The van der Waals surface area contributed by atoms with Gasteiger partial charge in [0, 0.05) is 38.1 Å². The van der Waals surface area contributed by atoms with Gasteiger partial charge in [-0.05, 0) is 58.3 Å². The van der Waals surface area contributed by atoms with Gasteiger partial charge in [0.1, 0.15) is 6.04 Å². The van der Waals surface area contributed by atoms with Crippen LogP contribution in [0.4, 0.5) is 0 Å². The molecule has 3 fully saturated rings. The number of amides is 2. The van der Waals surface area contributed by atoms with Gasteiger partial charge in [-0.3, -0.25) is 14.5 Å². The number of carbonyl (C=O) groups excluding carboxylic acids is 2. The molecule has 0 aromatic carbocycles. The third-order valence-electron chi connectivity index (χ3n) is 6.65. The van der Waals surface area contributed by atoms with Crippen molar-refractivity contribution < 1.29 is 9.59 Å². The van der Waals surface area contributed by atoms with Crippen LogP contribution in [-0.4, -0.2) is 58.9 Å². The summed E-state index contributed by atoms with van der Waals surface area (Å²) in [6.45, 7) is 7.85. The van der Waals surface area contributed by atoms with Gasteiger partial charge in [-0.25, -0.2) is 0 Å². The van der Waals surface area contributed by atoms with Gasteiger partial charge in [0.2, 0.25) is 11.8 Å². The first-order valence-electron chi connectivity index (χ1n) is 10.3. The van der Waals surface area contributed by atoms with Gasteiger partial charge in [-0.15, -0.1) is 0 Å². The Balaban J connectivity index is 1.68. The third-order valence-corrected chi connectivity index (χ3v) is 6.65. The molecule has 0 bridgehead atoms. The van der Waals surface area contributed by atoms with E-state index < -0.39 is 0 Å². The molecule has 0 aromatic rings. The van der Waals surface area contributed by atoms with Gasteiger partial charge in [-0.2, -0.15) is 0 Å². The SMILES string of the molecule is CC(=O)NC(C(=O)N1CCCC(N2C(C)CCC2C)C1)C1CCCC1. The fourth-order valence-corrected chi connectivity index (χ4v) is 5.42. The maximum Gasteiger partial charge on any atom is 0.245 e. The van der Waals surface area contributed by atoms with Crippen molar-refractivity contribution in [3.05, 3.63) is 0 Å². The average Bonchev–Trinajstić information content (AvgIpc) is 3.22. The second-order valence-corrected chi connectivity index (χ2v) is 8.53. The van der Waals surface area contributed by atoms with Gasteiger partial charge in [0.15, 0.2) is 0 Å². The summed E-state index contributed by atoms with van der Waals surface area (Å²) < 4.78 is 0. The van der Waals surface area contributed by atoms with E-state index in [1.54, 1.807) is 0 Å². The van der Waals surface area contributed by atoms with E-state index in [1.807, 2.05) is 4.90 Å². The van der Waals surface area contributed by atoms with Crippen LogP contribution in [0.15, 0.2) is 0 Å². The Bertz CT molecular complexity index is 479. The minimum absolute atomic E-state index is 0.0828. The summed E-state index contributed by atoms with van der Waals surface area (Å²) in [7, 11) is 0. The molecular weight excluding hydrogens is 314 g/mol. The van der Waals surface area contributed by atoms with Crippen molar-refractivity contribution >= 4 is 11.8 Å². The summed E-state index contributed by atoms with van der Waals surface area (Å²) in [5, 5.41) is 2.98. The van der Waals surface area contributed by atoms with Crippen molar-refractivity contribution in [2.24, 2.45) is 5.92 Å². The predicted octanol–water partition coefficient (Wildman–Crippen LogP) is 2.55. The number of nitrogens with one attached hydrogen (secondary N) is 1. The van der Waals surface area contributed by atoms with Crippen molar-refractivity contribution in [1.29, 1.82) is 0 Å². The summed E-state index contributed by atoms with van der Waals surface area (Å²) in [4.78, 5) is 29.6. The van der Waals surface area contributed by atoms with Crippen LogP contribution in [0.5, 0.6) is 0 Å². The second kappa shape index (κ2) is 8.07. The van der Waals surface area contributed by atoms with E-state index >= 15 is 0 Å². The lowest BCUT2D eigenvalue weighted by Crippen LogP contribution is -2.57. The summed E-state index contributed by atoms with van der Waals surface area (Å²) in [5.41, 5.74) is 0. The highest BCUT2D eigenvalue weighted by Crippen LogP contribution is 2.32. The average molecular weight is 350 g/mol. The van der Waals surface area contributed by atoms with Crippen LogP contribution < -0.4 is 5.32 Å². The summed E-state index contributed by atoms with van der Waals surface area (Å²) in [6, 6.07) is 1.41. The molecule has 1 N–H and O–H groups in total. The third kappa shape index (κ3) is 4.18. The van der Waals surface area contributed by atoms with Gasteiger partial charge in [0.25, 0.3) is 0 Å². The molecule has 2 heterocycles. The summed E-state index contributed by atoms with van der Waals surface area (Å²) in [5.74, 6) is 0.397. The number of rotatable bonds is 4. The van der Waals surface area contributed by atoms with Gasteiger partial charge < -0.3 is 10.2 Å². The zero-order valence-corrected chi connectivity index (χ0v) is 16.2. The first kappa shape index (κ1) is 18.7. The van der Waals surface area contributed by atoms with E-state index in [9.17, 15) is 9.59 Å². The molecule has 0 spiro atoms. The topological polar surface area (TPSA) is 52.7 Å². The first-order valence-corrected chi connectivity index (χ1v) is 10.3. The fourth-order valence-electron chi connectivity index (χ4n) is 5.42. The quantitative estimate of drug-likeness (QED) is 0.849. The molecule has 3 rings (SSSR count). The van der Waals surface area contributed by atoms with E-state index in [0.717, 1.165) is 32.4 Å². The molecule has 1 saturated carbocycles. The van der Waals surface area contributed by atoms with Crippen molar-refractivity contribution in [3.63, 3.8) is 0 Å². The van der Waals surface area contributed by atoms with Crippen LogP contribution in [-0.2, 0) is 9.59 Å². The molecule has 142 valence electrons. The van der Waals surface area contributed by atoms with Gasteiger partial charge in [0.05, 0.1) is 0 Å². The van der Waals surface area contributed by atoms with Crippen molar-refractivity contribution in [3.8, 4) is 0 Å². The Kier molecular flexibility index (Phi) is 6.03. The molecule has 0 aromatic heterocycles. The van der Waals surface area contributed by atoms with E-state index in [2.05, 4.69) is 24.1 Å². The Morgan fingerprint density at radius 2 is 1.60 bits per heavy atom. The highest BCUT2D eigenvalue weighted by molar-refractivity contribution is 5.87. The number of hydrogen-bond acceptors (Lipinski definition) is 3. The second-order valence-electron chi connectivity index (χ2n) is 8.53. The van der Waals surface area contributed by atoms with Gasteiger partial charge >= 0.3 is 0 Å². The number of carbonyl (C=O) groups is 2. The summed E-state index contributed by atoms with van der Waals surface area (Å²) >= 11 is 0. The van der Waals surface area contributed by atoms with Crippen LogP contribution >= 0.6 is 0 Å². The normalized spacial score (nSPS) is 32.8. The molecule has 2 amide bonds. The molecule has 3 aliphatic rings. The molecular formula is C20H35N3O2. The Hall–Kier alpha value is -1.10. The van der Waals surface area contributed by atoms with Gasteiger partial charge in [-0.1, -0.05) is 12.8 Å². The zero-order valence-electron chi connectivity index (χ0n) is 16.2. The van der Waals surface area contributed by atoms with E-state index in [1.165, 1.54) is 39.0 Å². The van der Waals surface area contributed by atoms with E-state index in [4.69, 9.17) is 0 Å². The minimum atomic E-state index is -0.313. The molecule has 1 aliphatic carbocycles.